The van der Waals surface area contributed by atoms with E-state index >= 15 is 0 Å². The Kier molecular flexibility index (Phi) is 5.62. The van der Waals surface area contributed by atoms with Crippen molar-refractivity contribution in [3.8, 4) is 17.6 Å². The molecule has 0 aliphatic heterocycles. The molecule has 0 spiro atoms. The highest BCUT2D eigenvalue weighted by atomic mass is 79.9. The van der Waals surface area contributed by atoms with Crippen LogP contribution in [0.4, 0.5) is 0 Å². The van der Waals surface area contributed by atoms with Crippen LogP contribution in [0.2, 0.25) is 0 Å². The number of hydrogen-bond acceptors (Lipinski definition) is 3. The normalized spacial score (nSPS) is 9.59. The zero-order valence-corrected chi connectivity index (χ0v) is 13.9. The number of esters is 1. The van der Waals surface area contributed by atoms with Crippen molar-refractivity contribution in [2.24, 2.45) is 0 Å². The number of ether oxygens (including phenoxy) is 2. The standard InChI is InChI=1S/C18H15BrO3/c1-21-17-10-9-14(11-16(17)18(20)22-2)6-3-13-4-7-15(12-19)8-5-13/h4-5,7-11H,12H2,1-2H3. The number of hydrogen-bond donors (Lipinski definition) is 0. The van der Waals surface area contributed by atoms with E-state index in [1.807, 2.05) is 30.3 Å². The highest BCUT2D eigenvalue weighted by Gasteiger charge is 2.12. The molecule has 0 bridgehead atoms. The van der Waals surface area contributed by atoms with E-state index in [1.165, 1.54) is 19.8 Å². The molecule has 0 fully saturated rings. The molecule has 0 saturated heterocycles. The van der Waals surface area contributed by atoms with Gasteiger partial charge in [0.05, 0.1) is 14.2 Å². The summed E-state index contributed by atoms with van der Waals surface area (Å²) < 4.78 is 9.91. The van der Waals surface area contributed by atoms with E-state index in [9.17, 15) is 4.79 Å². The summed E-state index contributed by atoms with van der Waals surface area (Å²) in [5.41, 5.74) is 3.21. The SMILES string of the molecule is COC(=O)c1cc(C#Cc2ccc(CBr)cc2)ccc1OC. The summed E-state index contributed by atoms with van der Waals surface area (Å²) >= 11 is 3.41. The molecule has 0 saturated carbocycles. The Balaban J connectivity index is 2.30. The Morgan fingerprint density at radius 2 is 1.68 bits per heavy atom. The maximum Gasteiger partial charge on any atom is 0.341 e. The molecule has 3 nitrogen and oxygen atoms in total. The van der Waals surface area contributed by atoms with Crippen LogP contribution >= 0.6 is 15.9 Å². The number of methoxy groups -OCH3 is 2. The van der Waals surface area contributed by atoms with Crippen molar-refractivity contribution < 1.29 is 14.3 Å². The first kappa shape index (κ1) is 16.1. The van der Waals surface area contributed by atoms with Crippen molar-refractivity contribution in [2.45, 2.75) is 5.33 Å². The van der Waals surface area contributed by atoms with Crippen molar-refractivity contribution in [3.05, 3.63) is 64.7 Å². The summed E-state index contributed by atoms with van der Waals surface area (Å²) in [6.45, 7) is 0. The fourth-order valence-corrected chi connectivity index (χ4v) is 2.25. The Labute approximate surface area is 138 Å². The lowest BCUT2D eigenvalue weighted by Gasteiger charge is -2.06. The van der Waals surface area contributed by atoms with Gasteiger partial charge in [-0.05, 0) is 35.9 Å². The summed E-state index contributed by atoms with van der Waals surface area (Å²) in [6, 6.07) is 13.2. The van der Waals surface area contributed by atoms with Gasteiger partial charge in [-0.2, -0.15) is 0 Å². The molecule has 0 heterocycles. The van der Waals surface area contributed by atoms with Crippen molar-refractivity contribution in [2.75, 3.05) is 14.2 Å². The summed E-state index contributed by atoms with van der Waals surface area (Å²) in [7, 11) is 2.85. The first-order valence-corrected chi connectivity index (χ1v) is 7.73. The van der Waals surface area contributed by atoms with E-state index in [2.05, 4.69) is 27.8 Å². The zero-order chi connectivity index (χ0) is 15.9. The summed E-state index contributed by atoms with van der Waals surface area (Å²) in [6.07, 6.45) is 0. The zero-order valence-electron chi connectivity index (χ0n) is 12.4. The van der Waals surface area contributed by atoms with E-state index in [-0.39, 0.29) is 0 Å². The van der Waals surface area contributed by atoms with Crippen LogP contribution in [-0.2, 0) is 10.1 Å². The predicted molar refractivity (Wildman–Crippen MR) is 89.4 cm³/mol. The molecule has 4 heteroatoms. The van der Waals surface area contributed by atoms with Gasteiger partial charge in [-0.25, -0.2) is 4.79 Å². The average molecular weight is 359 g/mol. The third kappa shape index (κ3) is 3.90. The van der Waals surface area contributed by atoms with Gasteiger partial charge in [0.25, 0.3) is 0 Å². The van der Waals surface area contributed by atoms with Crippen molar-refractivity contribution in [1.82, 2.24) is 0 Å². The topological polar surface area (TPSA) is 35.5 Å². The fourth-order valence-electron chi connectivity index (χ4n) is 1.88. The Hall–Kier alpha value is -2.25. The number of carbonyl (C=O) groups is 1. The maximum absolute atomic E-state index is 11.7. The number of rotatable bonds is 3. The molecule has 0 radical (unpaired) electrons. The van der Waals surface area contributed by atoms with Gasteiger partial charge in [-0.3, -0.25) is 0 Å². The summed E-state index contributed by atoms with van der Waals surface area (Å²) in [4.78, 5) is 11.7. The van der Waals surface area contributed by atoms with Gasteiger partial charge >= 0.3 is 5.97 Å². The fraction of sp³-hybridized carbons (Fsp3) is 0.167. The molecule has 2 rings (SSSR count). The van der Waals surface area contributed by atoms with E-state index in [0.717, 1.165) is 16.5 Å². The first-order chi connectivity index (χ1) is 10.7. The molecule has 2 aromatic rings. The second-order valence-electron chi connectivity index (χ2n) is 4.49. The van der Waals surface area contributed by atoms with Crippen LogP contribution in [0.1, 0.15) is 27.0 Å². The highest BCUT2D eigenvalue weighted by molar-refractivity contribution is 9.08. The van der Waals surface area contributed by atoms with Crippen LogP contribution in [0.25, 0.3) is 0 Å². The first-order valence-electron chi connectivity index (χ1n) is 6.61. The van der Waals surface area contributed by atoms with Gasteiger partial charge in [-0.1, -0.05) is 39.9 Å². The average Bonchev–Trinajstić information content (AvgIpc) is 2.59. The smallest absolute Gasteiger partial charge is 0.341 e. The molecule has 0 amide bonds. The van der Waals surface area contributed by atoms with Crippen molar-refractivity contribution >= 4 is 21.9 Å². The van der Waals surface area contributed by atoms with Gasteiger partial charge in [0.15, 0.2) is 0 Å². The Bertz CT molecular complexity index is 724. The van der Waals surface area contributed by atoms with Gasteiger partial charge in [-0.15, -0.1) is 0 Å². The minimum absolute atomic E-state index is 0.367. The number of alkyl halides is 1. The Morgan fingerprint density at radius 3 is 2.27 bits per heavy atom. The predicted octanol–water partition coefficient (Wildman–Crippen LogP) is 3.78. The van der Waals surface area contributed by atoms with Crippen LogP contribution in [0.3, 0.4) is 0 Å². The monoisotopic (exact) mass is 358 g/mol. The summed E-state index contributed by atoms with van der Waals surface area (Å²) in [5.74, 6) is 6.15. The van der Waals surface area contributed by atoms with E-state index in [0.29, 0.717) is 11.3 Å². The molecule has 2 aromatic carbocycles. The molecule has 0 aliphatic carbocycles. The molecule has 0 aliphatic rings. The van der Waals surface area contributed by atoms with Crippen LogP contribution in [0.5, 0.6) is 5.75 Å². The van der Waals surface area contributed by atoms with E-state index in [4.69, 9.17) is 9.47 Å². The Morgan fingerprint density at radius 1 is 1.05 bits per heavy atom. The minimum Gasteiger partial charge on any atom is -0.496 e. The van der Waals surface area contributed by atoms with E-state index < -0.39 is 5.97 Å². The van der Waals surface area contributed by atoms with Crippen molar-refractivity contribution in [3.63, 3.8) is 0 Å². The molecule has 0 aromatic heterocycles. The molecule has 0 unspecified atom stereocenters. The van der Waals surface area contributed by atoms with Gasteiger partial charge in [0.2, 0.25) is 0 Å². The largest absolute Gasteiger partial charge is 0.496 e. The van der Waals surface area contributed by atoms with E-state index in [1.54, 1.807) is 12.1 Å². The van der Waals surface area contributed by atoms with Crippen molar-refractivity contribution in [1.29, 1.82) is 0 Å². The highest BCUT2D eigenvalue weighted by Crippen LogP contribution is 2.20. The second-order valence-corrected chi connectivity index (χ2v) is 5.05. The van der Waals surface area contributed by atoms with Gasteiger partial charge < -0.3 is 9.47 Å². The van der Waals surface area contributed by atoms with Crippen LogP contribution in [0, 0.1) is 11.8 Å². The van der Waals surface area contributed by atoms with Crippen LogP contribution in [0.15, 0.2) is 42.5 Å². The molecule has 0 atom stereocenters. The number of carbonyl (C=O) groups excluding carboxylic acids is 1. The third-order valence-corrected chi connectivity index (χ3v) is 3.71. The van der Waals surface area contributed by atoms with Crippen LogP contribution < -0.4 is 4.74 Å². The lowest BCUT2D eigenvalue weighted by molar-refractivity contribution is 0.0597. The lowest BCUT2D eigenvalue weighted by Crippen LogP contribution is -2.04. The molecule has 22 heavy (non-hydrogen) atoms. The molecular formula is C18H15BrO3. The minimum atomic E-state index is -0.442. The van der Waals surface area contributed by atoms with Crippen LogP contribution in [-0.4, -0.2) is 20.2 Å². The quantitative estimate of drug-likeness (QED) is 0.475. The maximum atomic E-state index is 11.7. The third-order valence-electron chi connectivity index (χ3n) is 3.06. The van der Waals surface area contributed by atoms with Gasteiger partial charge in [0, 0.05) is 16.5 Å². The summed E-state index contributed by atoms with van der Waals surface area (Å²) in [5, 5.41) is 0.821. The second kappa shape index (κ2) is 7.67. The number of halogens is 1. The molecule has 0 N–H and O–H groups in total. The molecular weight excluding hydrogens is 344 g/mol. The number of benzene rings is 2. The lowest BCUT2D eigenvalue weighted by atomic mass is 10.1. The van der Waals surface area contributed by atoms with Gasteiger partial charge in [0.1, 0.15) is 11.3 Å². The molecule has 112 valence electrons.